The van der Waals surface area contributed by atoms with Crippen molar-refractivity contribution in [2.75, 3.05) is 0 Å². The van der Waals surface area contributed by atoms with Crippen molar-refractivity contribution in [3.05, 3.63) is 0 Å². The maximum Gasteiger partial charge on any atom is 0.173 e. The highest BCUT2D eigenvalue weighted by atomic mass is 14.5. The zero-order valence-electron chi connectivity index (χ0n) is 4.94. The molecule has 0 aromatic heterocycles. The van der Waals surface area contributed by atoms with Crippen LogP contribution in [0.5, 0.6) is 0 Å². The van der Waals surface area contributed by atoms with Gasteiger partial charge in [-0.15, -0.1) is 0 Å². The molecule has 0 saturated carbocycles. The number of nitriles is 1. The van der Waals surface area contributed by atoms with Crippen LogP contribution in [-0.4, -0.2) is 0 Å². The lowest BCUT2D eigenvalue weighted by molar-refractivity contribution is 0.886. The van der Waals surface area contributed by atoms with E-state index in [0.29, 0.717) is 0 Å². The molecule has 42 valence electrons. The Morgan fingerprint density at radius 3 is 1.57 bits per heavy atom. The van der Waals surface area contributed by atoms with Gasteiger partial charge in [0, 0.05) is 0 Å². The highest BCUT2D eigenvalue weighted by molar-refractivity contribution is 4.46. The Balaban J connectivity index is 0. The van der Waals surface area contributed by atoms with Crippen LogP contribution in [0, 0.1) is 11.5 Å². The molecule has 0 atom stereocenters. The smallest absolute Gasteiger partial charge is 0.173 e. The average molecular weight is 100 g/mol. The zero-order valence-corrected chi connectivity index (χ0v) is 4.94. The third kappa shape index (κ3) is 681. The Hall–Kier alpha value is -0.710. The highest BCUT2D eigenvalue weighted by Gasteiger charge is 1.56. The summed E-state index contributed by atoms with van der Waals surface area (Å²) in [7, 11) is 0. The van der Waals surface area contributed by atoms with Crippen LogP contribution in [0.1, 0.15) is 26.7 Å². The average Bonchev–Trinajstić information content (AvgIpc) is 1.69. The fourth-order valence-electron chi connectivity index (χ4n) is 0. The van der Waals surface area contributed by atoms with Gasteiger partial charge in [0.1, 0.15) is 0 Å². The fourth-order valence-corrected chi connectivity index (χ4v) is 0. The first-order valence-corrected chi connectivity index (χ1v) is 2.43. The van der Waals surface area contributed by atoms with Gasteiger partial charge in [-0.25, -0.2) is 0 Å². The summed E-state index contributed by atoms with van der Waals surface area (Å²) in [6, 6.07) is 0. The van der Waals surface area contributed by atoms with Crippen molar-refractivity contribution in [1.29, 1.82) is 5.26 Å². The molecule has 2 nitrogen and oxygen atoms in total. The minimum absolute atomic E-state index is 1.25. The van der Waals surface area contributed by atoms with Crippen LogP contribution in [0.2, 0.25) is 0 Å². The molecule has 0 aliphatic heterocycles. The largest absolute Gasteiger partial charge is 0.337 e. The van der Waals surface area contributed by atoms with Crippen molar-refractivity contribution < 1.29 is 0 Å². The van der Waals surface area contributed by atoms with E-state index >= 15 is 0 Å². The van der Waals surface area contributed by atoms with E-state index in [1.54, 1.807) is 0 Å². The first-order chi connectivity index (χ1) is 3.33. The SMILES string of the molecule is CCCC.N#CN. The van der Waals surface area contributed by atoms with Gasteiger partial charge in [-0.05, 0) is 0 Å². The van der Waals surface area contributed by atoms with Crippen molar-refractivity contribution in [2.24, 2.45) is 5.73 Å². The fraction of sp³-hybridized carbons (Fsp3) is 0.800. The monoisotopic (exact) mass is 100 g/mol. The quantitative estimate of drug-likeness (QED) is 0.398. The van der Waals surface area contributed by atoms with Gasteiger partial charge in [-0.1, -0.05) is 26.7 Å². The number of hydrogen-bond acceptors (Lipinski definition) is 2. The molecule has 7 heavy (non-hydrogen) atoms. The summed E-state index contributed by atoms with van der Waals surface area (Å²) in [5.41, 5.74) is 4.15. The summed E-state index contributed by atoms with van der Waals surface area (Å²) < 4.78 is 0. The lowest BCUT2D eigenvalue weighted by atomic mass is 10.4. The Bertz CT molecular complexity index is 42.5. The van der Waals surface area contributed by atoms with E-state index in [1.807, 2.05) is 0 Å². The van der Waals surface area contributed by atoms with Gasteiger partial charge in [-0.3, -0.25) is 0 Å². The van der Waals surface area contributed by atoms with E-state index in [-0.39, 0.29) is 0 Å². The molecule has 0 fully saturated rings. The van der Waals surface area contributed by atoms with Gasteiger partial charge in [0.25, 0.3) is 0 Å². The molecule has 0 bridgehead atoms. The normalized spacial score (nSPS) is 5.29. The van der Waals surface area contributed by atoms with Gasteiger partial charge in [-0.2, -0.15) is 5.26 Å². The van der Waals surface area contributed by atoms with Gasteiger partial charge < -0.3 is 5.73 Å². The second kappa shape index (κ2) is 18.6. The van der Waals surface area contributed by atoms with Crippen LogP contribution < -0.4 is 5.73 Å². The first kappa shape index (κ1) is 9.56. The third-order valence-electron chi connectivity index (χ3n) is 0.500. The molecule has 0 saturated heterocycles. The second-order valence-corrected chi connectivity index (χ2v) is 1.13. The standard InChI is InChI=1S/C4H10.CH2N2/c1-3-4-2;2-1-3/h3-4H2,1-2H3;2H2. The summed E-state index contributed by atoms with van der Waals surface area (Å²) in [5, 5.41) is 7.10. The molecule has 0 aromatic rings. The van der Waals surface area contributed by atoms with Crippen LogP contribution in [0.3, 0.4) is 0 Å². The molecule has 0 aliphatic carbocycles. The predicted octanol–water partition coefficient (Wildman–Crippen LogP) is 1.23. The van der Waals surface area contributed by atoms with Crippen molar-refractivity contribution in [3.63, 3.8) is 0 Å². The summed E-state index contributed by atoms with van der Waals surface area (Å²) in [6.45, 7) is 4.36. The lowest BCUT2D eigenvalue weighted by Gasteiger charge is -1.68. The predicted molar refractivity (Wildman–Crippen MR) is 30.4 cm³/mol. The summed E-state index contributed by atoms with van der Waals surface area (Å²) in [4.78, 5) is 0. The van der Waals surface area contributed by atoms with Crippen LogP contribution in [0.15, 0.2) is 0 Å². The van der Waals surface area contributed by atoms with Crippen LogP contribution in [0.25, 0.3) is 0 Å². The zero-order chi connectivity index (χ0) is 6.12. The Kier molecular flexibility index (Phi) is 25.4. The van der Waals surface area contributed by atoms with Crippen LogP contribution in [0.4, 0.5) is 0 Å². The third-order valence-corrected chi connectivity index (χ3v) is 0.500. The minimum atomic E-state index is 1.25. The number of rotatable bonds is 1. The van der Waals surface area contributed by atoms with Crippen molar-refractivity contribution in [1.82, 2.24) is 0 Å². The van der Waals surface area contributed by atoms with E-state index in [1.165, 1.54) is 19.0 Å². The number of unbranched alkanes of at least 4 members (excludes halogenated alkanes) is 1. The molecular formula is C5H12N2. The molecule has 0 heterocycles. The summed E-state index contributed by atoms with van der Waals surface area (Å²) >= 11 is 0. The summed E-state index contributed by atoms with van der Waals surface area (Å²) in [6.07, 6.45) is 3.89. The molecule has 0 aromatic carbocycles. The highest BCUT2D eigenvalue weighted by Crippen LogP contribution is 1.76. The molecular weight excluding hydrogens is 88.1 g/mol. The van der Waals surface area contributed by atoms with Gasteiger partial charge in [0.2, 0.25) is 0 Å². The molecule has 0 radical (unpaired) electrons. The molecule has 2 heteroatoms. The Morgan fingerprint density at radius 1 is 1.43 bits per heavy atom. The van der Waals surface area contributed by atoms with E-state index < -0.39 is 0 Å². The van der Waals surface area contributed by atoms with Crippen molar-refractivity contribution in [3.8, 4) is 6.19 Å². The molecule has 0 spiro atoms. The van der Waals surface area contributed by atoms with Gasteiger partial charge in [0.05, 0.1) is 0 Å². The first-order valence-electron chi connectivity index (χ1n) is 2.43. The van der Waals surface area contributed by atoms with Gasteiger partial charge in [0.15, 0.2) is 6.19 Å². The van der Waals surface area contributed by atoms with Crippen LogP contribution >= 0.6 is 0 Å². The number of nitrogens with zero attached hydrogens (tertiary/aromatic N) is 1. The topological polar surface area (TPSA) is 49.8 Å². The van der Waals surface area contributed by atoms with E-state index in [2.05, 4.69) is 19.6 Å². The number of hydrogen-bond donors (Lipinski definition) is 1. The molecule has 2 N–H and O–H groups in total. The molecule has 0 rings (SSSR count). The molecule has 0 aliphatic rings. The van der Waals surface area contributed by atoms with E-state index in [4.69, 9.17) is 5.26 Å². The van der Waals surface area contributed by atoms with Gasteiger partial charge >= 0.3 is 0 Å². The lowest BCUT2D eigenvalue weighted by Crippen LogP contribution is -1.69. The second-order valence-electron chi connectivity index (χ2n) is 1.13. The molecule has 0 amide bonds. The Morgan fingerprint density at radius 2 is 1.57 bits per heavy atom. The number of nitrogens with two attached hydrogens (primary N) is 1. The molecule has 0 unspecified atom stereocenters. The maximum absolute atomic E-state index is 7.10. The summed E-state index contributed by atoms with van der Waals surface area (Å²) in [5.74, 6) is 0. The van der Waals surface area contributed by atoms with Crippen molar-refractivity contribution >= 4 is 0 Å². The van der Waals surface area contributed by atoms with E-state index in [9.17, 15) is 0 Å². The Labute approximate surface area is 44.9 Å². The maximum atomic E-state index is 7.10. The van der Waals surface area contributed by atoms with Crippen LogP contribution in [-0.2, 0) is 0 Å². The van der Waals surface area contributed by atoms with Crippen molar-refractivity contribution in [2.45, 2.75) is 26.7 Å². The minimum Gasteiger partial charge on any atom is -0.337 e. The van der Waals surface area contributed by atoms with E-state index in [0.717, 1.165) is 0 Å².